The second kappa shape index (κ2) is 9.97. The van der Waals surface area contributed by atoms with Crippen molar-refractivity contribution in [2.24, 2.45) is 16.7 Å². The van der Waals surface area contributed by atoms with Crippen LogP contribution in [0.15, 0.2) is 41.5 Å². The molecule has 4 aliphatic rings. The molecule has 2 bridgehead atoms. The minimum Gasteiger partial charge on any atom is -0.455 e. The second-order valence-corrected chi connectivity index (χ2v) is 12.8. The van der Waals surface area contributed by atoms with Crippen molar-refractivity contribution in [3.8, 4) is 0 Å². The van der Waals surface area contributed by atoms with E-state index in [-0.39, 0.29) is 30.6 Å². The number of hydrogen-bond acceptors (Lipinski definition) is 11. The number of rotatable bonds is 4. The van der Waals surface area contributed by atoms with E-state index in [1.54, 1.807) is 39.0 Å². The second-order valence-electron chi connectivity index (χ2n) is 12.8. The van der Waals surface area contributed by atoms with E-state index >= 15 is 0 Å². The maximum absolute atomic E-state index is 14.8. The van der Waals surface area contributed by atoms with Gasteiger partial charge in [-0.2, -0.15) is 0 Å². The monoisotopic (exact) mass is 586 g/mol. The number of carbonyl (C=O) groups is 4. The van der Waals surface area contributed by atoms with Gasteiger partial charge in [0.1, 0.15) is 17.8 Å². The molecule has 1 aliphatic heterocycles. The standard InChI is InChI=1S/C31H38O11/c1-15-19(34)13-31(38)26(41-27(37)18-10-8-7-9-11-18)24-29(6,20(35)12-21-30(24,14-39-21)42-17(3)33)25(36)23(40-16(2)32)22(15)28(31,4)5/h7-11,19-21,23-24,26,34-35,38H,12-14H2,1-6H3/t19-,20-,21+,23+,24-,26-,29+,30-,31-/m0/s1. The van der Waals surface area contributed by atoms with Crippen LogP contribution in [0.25, 0.3) is 0 Å². The lowest BCUT2D eigenvalue weighted by atomic mass is 9.44. The third-order valence-corrected chi connectivity index (χ3v) is 10.2. The molecular formula is C31H38O11. The molecule has 0 unspecified atom stereocenters. The first kappa shape index (κ1) is 30.3. The van der Waals surface area contributed by atoms with E-state index in [1.807, 2.05) is 0 Å². The molecule has 9 atom stereocenters. The fourth-order valence-corrected chi connectivity index (χ4v) is 7.91. The average molecular weight is 587 g/mol. The van der Waals surface area contributed by atoms with Crippen LogP contribution in [-0.4, -0.2) is 87.3 Å². The number of fused-ring (bicyclic) bond motifs is 5. The van der Waals surface area contributed by atoms with Crippen molar-refractivity contribution < 1.29 is 53.4 Å². The number of benzene rings is 1. The lowest BCUT2D eigenvalue weighted by molar-refractivity contribution is -0.345. The lowest BCUT2D eigenvalue weighted by Gasteiger charge is -2.67. The van der Waals surface area contributed by atoms with Crippen LogP contribution in [0, 0.1) is 16.7 Å². The number of hydrogen-bond donors (Lipinski definition) is 3. The highest BCUT2D eigenvalue weighted by molar-refractivity contribution is 5.95. The zero-order valence-corrected chi connectivity index (χ0v) is 24.6. The maximum Gasteiger partial charge on any atom is 0.338 e. The highest BCUT2D eigenvalue weighted by Crippen LogP contribution is 2.64. The summed E-state index contributed by atoms with van der Waals surface area (Å²) in [5, 5.41) is 35.8. The molecule has 11 nitrogen and oxygen atoms in total. The first-order valence-corrected chi connectivity index (χ1v) is 14.1. The largest absolute Gasteiger partial charge is 0.455 e. The Labute approximate surface area is 243 Å². The molecule has 11 heteroatoms. The Hall–Kier alpha value is -3.12. The van der Waals surface area contributed by atoms with Crippen LogP contribution in [0.1, 0.15) is 64.7 Å². The SMILES string of the molecule is CC(=O)O[C@H]1C(=O)[C@@]2(C)[C@H]([C@H](OC(=O)c3ccccc3)[C@@]3(O)C[C@H](O)C(C)=C1C3(C)C)[C@]1(OC(C)=O)CO[C@@H]1C[C@@H]2O. The van der Waals surface area contributed by atoms with Crippen molar-refractivity contribution in [1.29, 1.82) is 0 Å². The van der Waals surface area contributed by atoms with Gasteiger partial charge >= 0.3 is 17.9 Å². The summed E-state index contributed by atoms with van der Waals surface area (Å²) >= 11 is 0. The van der Waals surface area contributed by atoms with Gasteiger partial charge in [0, 0.05) is 32.1 Å². The Morgan fingerprint density at radius 1 is 1.00 bits per heavy atom. The van der Waals surface area contributed by atoms with Crippen molar-refractivity contribution >= 4 is 23.7 Å². The van der Waals surface area contributed by atoms with Gasteiger partial charge in [0.2, 0.25) is 0 Å². The van der Waals surface area contributed by atoms with E-state index in [9.17, 15) is 34.5 Å². The quantitative estimate of drug-likeness (QED) is 0.267. The minimum atomic E-state index is -2.11. The van der Waals surface area contributed by atoms with E-state index in [1.165, 1.54) is 26.0 Å². The van der Waals surface area contributed by atoms with Gasteiger partial charge in [-0.05, 0) is 37.1 Å². The van der Waals surface area contributed by atoms with Crippen molar-refractivity contribution in [1.82, 2.24) is 0 Å². The van der Waals surface area contributed by atoms with Gasteiger partial charge in [0.25, 0.3) is 0 Å². The third-order valence-electron chi connectivity index (χ3n) is 10.2. The van der Waals surface area contributed by atoms with E-state index in [2.05, 4.69) is 0 Å². The van der Waals surface area contributed by atoms with Gasteiger partial charge in [0.15, 0.2) is 17.5 Å². The van der Waals surface area contributed by atoms with E-state index < -0.39 is 82.2 Å². The zero-order valence-electron chi connectivity index (χ0n) is 24.6. The van der Waals surface area contributed by atoms with E-state index in [0.29, 0.717) is 5.57 Å². The molecule has 3 N–H and O–H groups in total. The number of aliphatic hydroxyl groups is 3. The first-order valence-electron chi connectivity index (χ1n) is 14.1. The van der Waals surface area contributed by atoms with Crippen molar-refractivity contribution in [2.45, 2.75) is 96.1 Å². The average Bonchev–Trinajstić information content (AvgIpc) is 2.90. The van der Waals surface area contributed by atoms with Crippen LogP contribution < -0.4 is 0 Å². The Bertz CT molecular complexity index is 1350. The van der Waals surface area contributed by atoms with Gasteiger partial charge in [-0.15, -0.1) is 0 Å². The Morgan fingerprint density at radius 3 is 2.19 bits per heavy atom. The van der Waals surface area contributed by atoms with Crippen LogP contribution in [0.5, 0.6) is 0 Å². The topological polar surface area (TPSA) is 166 Å². The molecule has 0 spiro atoms. The minimum absolute atomic E-state index is 0.110. The van der Waals surface area contributed by atoms with Gasteiger partial charge in [-0.1, -0.05) is 32.0 Å². The van der Waals surface area contributed by atoms with Crippen LogP contribution in [0.2, 0.25) is 0 Å². The summed E-state index contributed by atoms with van der Waals surface area (Å²) in [6.45, 7) is 8.42. The number of ether oxygens (including phenoxy) is 4. The molecule has 1 saturated heterocycles. The number of ketones is 1. The van der Waals surface area contributed by atoms with Gasteiger partial charge in [-0.3, -0.25) is 14.4 Å². The molecule has 5 rings (SSSR count). The predicted molar refractivity (Wildman–Crippen MR) is 145 cm³/mol. The Kier molecular flexibility index (Phi) is 7.20. The molecule has 1 heterocycles. The summed E-state index contributed by atoms with van der Waals surface area (Å²) in [5.74, 6) is -4.41. The summed E-state index contributed by atoms with van der Waals surface area (Å²) < 4.78 is 23.5. The number of aliphatic hydroxyl groups excluding tert-OH is 2. The fourth-order valence-electron chi connectivity index (χ4n) is 7.91. The summed E-state index contributed by atoms with van der Waals surface area (Å²) in [7, 11) is 0. The highest BCUT2D eigenvalue weighted by atomic mass is 16.6. The molecule has 0 aromatic heterocycles. The normalized spacial score (nSPS) is 40.4. The van der Waals surface area contributed by atoms with Gasteiger partial charge < -0.3 is 34.3 Å². The number of carbonyl (C=O) groups excluding carboxylic acids is 4. The number of esters is 3. The van der Waals surface area contributed by atoms with Crippen molar-refractivity contribution in [2.75, 3.05) is 6.61 Å². The smallest absolute Gasteiger partial charge is 0.338 e. The molecule has 0 radical (unpaired) electrons. The Balaban J connectivity index is 1.84. The maximum atomic E-state index is 14.8. The summed E-state index contributed by atoms with van der Waals surface area (Å²) in [6.07, 6.45) is -7.27. The van der Waals surface area contributed by atoms with Gasteiger partial charge in [0.05, 0.1) is 35.7 Å². The molecule has 42 heavy (non-hydrogen) atoms. The molecule has 3 aliphatic carbocycles. The first-order chi connectivity index (χ1) is 19.5. The molecule has 0 amide bonds. The third kappa shape index (κ3) is 4.08. The summed E-state index contributed by atoms with van der Waals surface area (Å²) in [6, 6.07) is 8.05. The zero-order chi connectivity index (χ0) is 31.0. The van der Waals surface area contributed by atoms with Gasteiger partial charge in [-0.25, -0.2) is 4.79 Å². The van der Waals surface area contributed by atoms with Crippen LogP contribution >= 0.6 is 0 Å². The van der Waals surface area contributed by atoms with Crippen LogP contribution in [0.3, 0.4) is 0 Å². The predicted octanol–water partition coefficient (Wildman–Crippen LogP) is 1.65. The van der Waals surface area contributed by atoms with E-state index in [0.717, 1.165) is 6.92 Å². The van der Waals surface area contributed by atoms with E-state index in [4.69, 9.17) is 18.9 Å². The molecule has 228 valence electrons. The summed E-state index contributed by atoms with van der Waals surface area (Å²) in [5.41, 5.74) is -6.38. The number of Topliss-reactive ketones (excluding diaryl/α,β-unsaturated/α-hetero) is 1. The molecule has 3 fully saturated rings. The molecule has 1 aromatic carbocycles. The fraction of sp³-hybridized carbons (Fsp3) is 0.613. The Morgan fingerprint density at radius 2 is 1.64 bits per heavy atom. The molecule has 2 saturated carbocycles. The molecular weight excluding hydrogens is 548 g/mol. The highest BCUT2D eigenvalue weighted by Gasteiger charge is 2.78. The van der Waals surface area contributed by atoms with Crippen molar-refractivity contribution in [3.05, 3.63) is 47.0 Å². The molecule has 1 aromatic rings. The summed E-state index contributed by atoms with van der Waals surface area (Å²) in [4.78, 5) is 53.4. The lowest BCUT2D eigenvalue weighted by Crippen LogP contribution is -2.81. The van der Waals surface area contributed by atoms with Crippen molar-refractivity contribution in [3.63, 3.8) is 0 Å². The van der Waals surface area contributed by atoms with Crippen LogP contribution in [-0.2, 0) is 33.3 Å². The van der Waals surface area contributed by atoms with Crippen LogP contribution in [0.4, 0.5) is 0 Å².